The first kappa shape index (κ1) is 31.8. The average Bonchev–Trinajstić information content (AvgIpc) is 3.66. The number of aromatic nitrogens is 3. The Morgan fingerprint density at radius 1 is 1.07 bits per heavy atom. The second kappa shape index (κ2) is 12.9. The maximum atomic E-state index is 16.0. The summed E-state index contributed by atoms with van der Waals surface area (Å²) in [5, 5.41) is 8.39. The van der Waals surface area contributed by atoms with E-state index in [-0.39, 0.29) is 30.6 Å². The molecule has 8 nitrogen and oxygen atoms in total. The lowest BCUT2D eigenvalue weighted by Gasteiger charge is -2.32. The Balaban J connectivity index is 1.60. The number of methoxy groups -OCH3 is 1. The fourth-order valence-electron chi connectivity index (χ4n) is 5.68. The molecule has 0 bridgehead atoms. The van der Waals surface area contributed by atoms with Gasteiger partial charge in [0.1, 0.15) is 48.8 Å². The number of nitrogens with zero attached hydrogens (tertiary/aromatic N) is 4. The van der Waals surface area contributed by atoms with Crippen molar-refractivity contribution in [3.05, 3.63) is 83.5 Å². The predicted octanol–water partition coefficient (Wildman–Crippen LogP) is 6.96. The van der Waals surface area contributed by atoms with Crippen LogP contribution in [0.25, 0.3) is 43.9 Å². The number of pyridine rings is 1. The second-order valence-electron chi connectivity index (χ2n) is 11.5. The van der Waals surface area contributed by atoms with Gasteiger partial charge in [0.05, 0.1) is 36.6 Å². The van der Waals surface area contributed by atoms with Crippen molar-refractivity contribution in [2.75, 3.05) is 33.7 Å². The van der Waals surface area contributed by atoms with Crippen LogP contribution in [0.2, 0.25) is 0 Å². The van der Waals surface area contributed by atoms with Gasteiger partial charge < -0.3 is 18.9 Å². The smallest absolute Gasteiger partial charge is 0.144 e. The molecular formula is C34H33F2N4O4PS. The summed E-state index contributed by atoms with van der Waals surface area (Å²) < 4.78 is 57.0. The summed E-state index contributed by atoms with van der Waals surface area (Å²) in [6, 6.07) is 13.4. The minimum Gasteiger partial charge on any atom is -0.490 e. The van der Waals surface area contributed by atoms with Gasteiger partial charge in [-0.2, -0.15) is 5.10 Å². The van der Waals surface area contributed by atoms with Crippen molar-refractivity contribution < 1.29 is 27.6 Å². The molecule has 3 aromatic heterocycles. The lowest BCUT2D eigenvalue weighted by atomic mass is 9.96. The summed E-state index contributed by atoms with van der Waals surface area (Å²) in [7, 11) is -0.950. The highest BCUT2D eigenvalue weighted by Crippen LogP contribution is 2.47. The number of aldehydes is 1. The Bertz CT molecular complexity index is 2000. The van der Waals surface area contributed by atoms with E-state index >= 15 is 4.39 Å². The van der Waals surface area contributed by atoms with Gasteiger partial charge in [-0.1, -0.05) is 24.3 Å². The zero-order valence-corrected chi connectivity index (χ0v) is 27.6. The number of hydrogen-bond acceptors (Lipinski definition) is 8. The van der Waals surface area contributed by atoms with E-state index in [1.807, 2.05) is 53.4 Å². The molecular weight excluding hydrogens is 629 g/mol. The number of carbonyl (C=O) groups is 1. The molecule has 0 aliphatic carbocycles. The monoisotopic (exact) mass is 662 g/mol. The van der Waals surface area contributed by atoms with Crippen molar-refractivity contribution in [1.29, 1.82) is 0 Å². The van der Waals surface area contributed by atoms with E-state index in [1.54, 1.807) is 19.5 Å². The van der Waals surface area contributed by atoms with Crippen LogP contribution in [-0.4, -0.2) is 65.6 Å². The summed E-state index contributed by atoms with van der Waals surface area (Å²) >= 11 is 1.42. The molecule has 5 aromatic rings. The second-order valence-corrected chi connectivity index (χ2v) is 15.7. The molecule has 46 heavy (non-hydrogen) atoms. The quantitative estimate of drug-likeness (QED) is 0.0692. The average molecular weight is 663 g/mol. The van der Waals surface area contributed by atoms with Crippen molar-refractivity contribution >= 4 is 40.2 Å². The van der Waals surface area contributed by atoms with Crippen LogP contribution in [0, 0.1) is 11.6 Å². The van der Waals surface area contributed by atoms with Gasteiger partial charge in [-0.3, -0.25) is 9.48 Å². The zero-order valence-electron chi connectivity index (χ0n) is 25.9. The highest BCUT2D eigenvalue weighted by atomic mass is 32.1. The van der Waals surface area contributed by atoms with Gasteiger partial charge in [0.15, 0.2) is 0 Å². The number of ether oxygens (including phenoxy) is 2. The molecule has 238 valence electrons. The predicted molar refractivity (Wildman–Crippen MR) is 178 cm³/mol. The normalized spacial score (nSPS) is 15.1. The van der Waals surface area contributed by atoms with Gasteiger partial charge in [0.2, 0.25) is 0 Å². The SMILES string of the molecule is COCCOc1cc(F)cc(F)c1-c1c(-c2cc3n(n2)C[C@@H](C)N(C=CC=O)C3)nc(-c2ccc(P(C)(C)=O)cc2)c2ccsc12. The number of rotatable bonds is 10. The van der Waals surface area contributed by atoms with Crippen molar-refractivity contribution in [3.63, 3.8) is 0 Å². The number of halogens is 2. The van der Waals surface area contributed by atoms with Crippen molar-refractivity contribution in [1.82, 2.24) is 19.7 Å². The topological polar surface area (TPSA) is 86.6 Å². The summed E-state index contributed by atoms with van der Waals surface area (Å²) in [4.78, 5) is 18.2. The maximum Gasteiger partial charge on any atom is 0.144 e. The third kappa shape index (κ3) is 6.15. The minimum atomic E-state index is -2.47. The zero-order chi connectivity index (χ0) is 32.6. The Morgan fingerprint density at radius 2 is 1.85 bits per heavy atom. The van der Waals surface area contributed by atoms with E-state index in [1.165, 1.54) is 30.6 Å². The molecule has 0 unspecified atom stereocenters. The standard InChI is InChI=1S/C34H33F2N4O4PS/c1-21-19-40-24(20-39(21)11-5-12-41)18-28(38-40)33-31(30-27(36)16-23(35)17-29(30)44-14-13-43-2)34-26(10-15-46-34)32(37-33)22-6-8-25(9-7-22)45(3,4)42/h5-12,15-18,21H,13-14,19-20H2,1-4H3/t21-/m1/s1. The lowest BCUT2D eigenvalue weighted by Crippen LogP contribution is -2.37. The van der Waals surface area contributed by atoms with E-state index in [0.29, 0.717) is 35.7 Å². The largest absolute Gasteiger partial charge is 0.490 e. The maximum absolute atomic E-state index is 16.0. The summed E-state index contributed by atoms with van der Waals surface area (Å²) in [5.74, 6) is -1.51. The van der Waals surface area contributed by atoms with Crippen LogP contribution in [0.1, 0.15) is 12.6 Å². The number of carbonyl (C=O) groups excluding carboxylic acids is 1. The number of thiophene rings is 1. The molecule has 1 aliphatic rings. The van der Waals surface area contributed by atoms with Crippen LogP contribution in [0.5, 0.6) is 5.75 Å². The van der Waals surface area contributed by atoms with Crippen LogP contribution in [-0.2, 0) is 27.2 Å². The molecule has 2 aromatic carbocycles. The van der Waals surface area contributed by atoms with Gasteiger partial charge in [-0.15, -0.1) is 11.3 Å². The number of hydrogen-bond donors (Lipinski definition) is 0. The molecule has 6 rings (SSSR count). The fourth-order valence-corrected chi connectivity index (χ4v) is 7.50. The molecule has 0 saturated heterocycles. The van der Waals surface area contributed by atoms with E-state index in [9.17, 15) is 13.8 Å². The number of allylic oxidation sites excluding steroid dienone is 1. The van der Waals surface area contributed by atoms with Crippen molar-refractivity contribution in [2.24, 2.45) is 0 Å². The summed E-state index contributed by atoms with van der Waals surface area (Å²) in [6.45, 7) is 6.89. The molecule has 0 radical (unpaired) electrons. The molecule has 1 atom stereocenters. The molecule has 0 amide bonds. The molecule has 0 fully saturated rings. The van der Waals surface area contributed by atoms with Crippen LogP contribution in [0.4, 0.5) is 8.78 Å². The van der Waals surface area contributed by atoms with E-state index in [2.05, 4.69) is 4.90 Å². The molecule has 1 aliphatic heterocycles. The summed E-state index contributed by atoms with van der Waals surface area (Å²) in [6.07, 6.45) is 3.97. The highest BCUT2D eigenvalue weighted by molar-refractivity contribution is 7.70. The first-order chi connectivity index (χ1) is 22.1. The van der Waals surface area contributed by atoms with Crippen LogP contribution in [0.15, 0.2) is 66.2 Å². The van der Waals surface area contributed by atoms with E-state index in [4.69, 9.17) is 19.6 Å². The van der Waals surface area contributed by atoms with Gasteiger partial charge in [0.25, 0.3) is 0 Å². The van der Waals surface area contributed by atoms with Gasteiger partial charge in [0, 0.05) is 58.0 Å². The highest BCUT2D eigenvalue weighted by Gasteiger charge is 2.29. The molecule has 0 saturated carbocycles. The Hall–Kier alpha value is -4.18. The van der Waals surface area contributed by atoms with Crippen molar-refractivity contribution in [2.45, 2.75) is 26.1 Å². The van der Waals surface area contributed by atoms with E-state index < -0.39 is 18.8 Å². The summed E-state index contributed by atoms with van der Waals surface area (Å²) in [5.41, 5.74) is 3.81. The van der Waals surface area contributed by atoms with Crippen LogP contribution in [0.3, 0.4) is 0 Å². The van der Waals surface area contributed by atoms with Crippen molar-refractivity contribution in [3.8, 4) is 39.5 Å². The minimum absolute atomic E-state index is 0.0359. The Kier molecular flexibility index (Phi) is 8.92. The fraction of sp³-hybridized carbons (Fsp3) is 0.265. The Morgan fingerprint density at radius 3 is 2.57 bits per heavy atom. The third-order valence-corrected chi connectivity index (χ3v) is 10.5. The molecule has 4 heterocycles. The first-order valence-corrected chi connectivity index (χ1v) is 18.2. The van der Waals surface area contributed by atoms with E-state index in [0.717, 1.165) is 39.0 Å². The number of fused-ring (bicyclic) bond motifs is 2. The van der Waals surface area contributed by atoms with Gasteiger partial charge in [-0.25, -0.2) is 13.8 Å². The molecule has 12 heteroatoms. The van der Waals surface area contributed by atoms with Crippen LogP contribution < -0.4 is 10.0 Å². The molecule has 0 spiro atoms. The lowest BCUT2D eigenvalue weighted by molar-refractivity contribution is -0.104. The molecule has 0 N–H and O–H groups in total. The number of benzene rings is 2. The van der Waals surface area contributed by atoms with Crippen LogP contribution >= 0.6 is 18.5 Å². The Labute approximate surface area is 269 Å². The first-order valence-electron chi connectivity index (χ1n) is 14.7. The third-order valence-electron chi connectivity index (χ3n) is 7.99. The van der Waals surface area contributed by atoms with Gasteiger partial charge in [-0.05, 0) is 43.8 Å². The van der Waals surface area contributed by atoms with Gasteiger partial charge >= 0.3 is 0 Å².